The summed E-state index contributed by atoms with van der Waals surface area (Å²) in [6, 6.07) is 1.27. The molecule has 3 heterocycles. The van der Waals surface area contributed by atoms with Crippen molar-refractivity contribution < 1.29 is 13.2 Å². The third kappa shape index (κ3) is 2.67. The van der Waals surface area contributed by atoms with Crippen molar-refractivity contribution in [1.29, 1.82) is 0 Å². The van der Waals surface area contributed by atoms with E-state index in [-0.39, 0.29) is 6.04 Å². The SMILES string of the molecule is CN(c1nccn2nc(C(F)(F)F)cc12)C1CCCNC1. The number of anilines is 1. The Labute approximate surface area is 119 Å². The zero-order valence-corrected chi connectivity index (χ0v) is 11.6. The number of aromatic nitrogens is 3. The Kier molecular flexibility index (Phi) is 3.48. The first-order valence-corrected chi connectivity index (χ1v) is 6.82. The van der Waals surface area contributed by atoms with Gasteiger partial charge in [0.15, 0.2) is 11.5 Å². The van der Waals surface area contributed by atoms with Gasteiger partial charge in [-0.25, -0.2) is 9.50 Å². The molecule has 2 aromatic heterocycles. The number of fused-ring (bicyclic) bond motifs is 1. The maximum atomic E-state index is 12.8. The summed E-state index contributed by atoms with van der Waals surface area (Å²) in [5.41, 5.74) is -0.523. The van der Waals surface area contributed by atoms with Gasteiger partial charge in [-0.2, -0.15) is 18.3 Å². The highest BCUT2D eigenvalue weighted by Gasteiger charge is 2.35. The van der Waals surface area contributed by atoms with Crippen LogP contribution in [0, 0.1) is 0 Å². The van der Waals surface area contributed by atoms with Crippen molar-refractivity contribution in [3.63, 3.8) is 0 Å². The lowest BCUT2D eigenvalue weighted by Crippen LogP contribution is -2.44. The van der Waals surface area contributed by atoms with Gasteiger partial charge in [0.25, 0.3) is 0 Å². The quantitative estimate of drug-likeness (QED) is 0.920. The molecule has 0 bridgehead atoms. The minimum Gasteiger partial charge on any atom is -0.354 e. The van der Waals surface area contributed by atoms with Crippen LogP contribution in [0.25, 0.3) is 5.52 Å². The number of hydrogen-bond acceptors (Lipinski definition) is 4. The molecule has 1 aliphatic heterocycles. The van der Waals surface area contributed by atoms with Gasteiger partial charge in [-0.15, -0.1) is 0 Å². The zero-order chi connectivity index (χ0) is 15.0. The molecular weight excluding hydrogens is 283 g/mol. The second-order valence-electron chi connectivity index (χ2n) is 5.22. The Balaban J connectivity index is 1.99. The molecule has 0 amide bonds. The van der Waals surface area contributed by atoms with Gasteiger partial charge in [0.2, 0.25) is 0 Å². The third-order valence-electron chi connectivity index (χ3n) is 3.81. The Hall–Kier alpha value is -1.83. The fourth-order valence-corrected chi connectivity index (χ4v) is 2.66. The molecule has 1 saturated heterocycles. The van der Waals surface area contributed by atoms with E-state index in [0.717, 1.165) is 32.0 Å². The molecule has 2 aromatic rings. The molecular formula is C13H16F3N5. The number of nitrogens with one attached hydrogen (secondary N) is 1. The normalized spacial score (nSPS) is 19.9. The molecule has 0 aliphatic carbocycles. The maximum absolute atomic E-state index is 12.8. The summed E-state index contributed by atoms with van der Waals surface area (Å²) in [5, 5.41) is 6.87. The van der Waals surface area contributed by atoms with Gasteiger partial charge in [0.05, 0.1) is 0 Å². The van der Waals surface area contributed by atoms with E-state index < -0.39 is 11.9 Å². The topological polar surface area (TPSA) is 45.5 Å². The van der Waals surface area contributed by atoms with Crippen LogP contribution in [0.3, 0.4) is 0 Å². The molecule has 21 heavy (non-hydrogen) atoms. The smallest absolute Gasteiger partial charge is 0.354 e. The summed E-state index contributed by atoms with van der Waals surface area (Å²) in [5.74, 6) is 0.522. The summed E-state index contributed by atoms with van der Waals surface area (Å²) < 4.78 is 39.6. The van der Waals surface area contributed by atoms with E-state index in [1.165, 1.54) is 16.9 Å². The molecule has 1 fully saturated rings. The molecule has 0 radical (unpaired) electrons. The van der Waals surface area contributed by atoms with E-state index in [1.54, 1.807) is 0 Å². The molecule has 1 atom stereocenters. The van der Waals surface area contributed by atoms with Crippen LogP contribution in [-0.2, 0) is 6.18 Å². The lowest BCUT2D eigenvalue weighted by atomic mass is 10.1. The van der Waals surface area contributed by atoms with E-state index in [2.05, 4.69) is 15.4 Å². The van der Waals surface area contributed by atoms with Crippen molar-refractivity contribution >= 4 is 11.3 Å². The molecule has 1 aliphatic rings. The van der Waals surface area contributed by atoms with Crippen LogP contribution in [0.4, 0.5) is 19.0 Å². The average Bonchev–Trinajstić information content (AvgIpc) is 2.91. The minimum absolute atomic E-state index is 0.224. The van der Waals surface area contributed by atoms with Crippen LogP contribution in [-0.4, -0.2) is 40.8 Å². The predicted molar refractivity (Wildman–Crippen MR) is 72.3 cm³/mol. The summed E-state index contributed by atoms with van der Waals surface area (Å²) >= 11 is 0. The number of hydrogen-bond donors (Lipinski definition) is 1. The number of piperidine rings is 1. The Bertz CT molecular complexity index is 630. The lowest BCUT2D eigenvalue weighted by Gasteiger charge is -2.32. The van der Waals surface area contributed by atoms with Crippen molar-refractivity contribution in [2.24, 2.45) is 0 Å². The average molecular weight is 299 g/mol. The number of rotatable bonds is 2. The van der Waals surface area contributed by atoms with Gasteiger partial charge < -0.3 is 10.2 Å². The number of nitrogens with zero attached hydrogens (tertiary/aromatic N) is 4. The Morgan fingerprint density at radius 2 is 2.24 bits per heavy atom. The van der Waals surface area contributed by atoms with E-state index in [4.69, 9.17) is 0 Å². The molecule has 3 rings (SSSR count). The zero-order valence-electron chi connectivity index (χ0n) is 11.6. The summed E-state index contributed by atoms with van der Waals surface area (Å²) in [6.07, 6.45) is 0.495. The van der Waals surface area contributed by atoms with Crippen LogP contribution in [0.1, 0.15) is 18.5 Å². The Morgan fingerprint density at radius 3 is 2.90 bits per heavy atom. The van der Waals surface area contributed by atoms with Crippen LogP contribution in [0.15, 0.2) is 18.5 Å². The summed E-state index contributed by atoms with van der Waals surface area (Å²) in [7, 11) is 1.86. The number of alkyl halides is 3. The first-order chi connectivity index (χ1) is 9.97. The summed E-state index contributed by atoms with van der Waals surface area (Å²) in [6.45, 7) is 1.78. The highest BCUT2D eigenvalue weighted by Crippen LogP contribution is 2.31. The molecule has 1 N–H and O–H groups in total. The molecule has 114 valence electrons. The lowest BCUT2D eigenvalue weighted by molar-refractivity contribution is -0.141. The van der Waals surface area contributed by atoms with Gasteiger partial charge in [0, 0.05) is 38.1 Å². The first kappa shape index (κ1) is 14.1. The largest absolute Gasteiger partial charge is 0.435 e. The Morgan fingerprint density at radius 1 is 1.43 bits per heavy atom. The van der Waals surface area contributed by atoms with E-state index in [0.29, 0.717) is 11.3 Å². The van der Waals surface area contributed by atoms with Gasteiger partial charge in [-0.05, 0) is 19.4 Å². The van der Waals surface area contributed by atoms with Crippen LogP contribution in [0.5, 0.6) is 0 Å². The van der Waals surface area contributed by atoms with E-state index in [9.17, 15) is 13.2 Å². The summed E-state index contributed by atoms with van der Waals surface area (Å²) in [4.78, 5) is 6.18. The van der Waals surface area contributed by atoms with Crippen molar-refractivity contribution in [2.45, 2.75) is 25.1 Å². The van der Waals surface area contributed by atoms with Crippen LogP contribution < -0.4 is 10.2 Å². The maximum Gasteiger partial charge on any atom is 0.435 e. The molecule has 8 heteroatoms. The minimum atomic E-state index is -4.45. The second kappa shape index (κ2) is 5.18. The standard InChI is InChI=1S/C13H16F3N5/c1-20(9-3-2-4-17-8-9)12-10-7-11(13(14,15)16)19-21(10)6-5-18-12/h5-7,9,17H,2-4,8H2,1H3. The predicted octanol–water partition coefficient (Wildman–Crippen LogP) is 1.94. The molecule has 5 nitrogen and oxygen atoms in total. The van der Waals surface area contributed by atoms with Gasteiger partial charge >= 0.3 is 6.18 Å². The van der Waals surface area contributed by atoms with Gasteiger partial charge in [-0.1, -0.05) is 0 Å². The molecule has 0 aromatic carbocycles. The number of halogens is 3. The highest BCUT2D eigenvalue weighted by molar-refractivity contribution is 5.69. The van der Waals surface area contributed by atoms with Crippen molar-refractivity contribution in [3.8, 4) is 0 Å². The van der Waals surface area contributed by atoms with Crippen LogP contribution in [0.2, 0.25) is 0 Å². The monoisotopic (exact) mass is 299 g/mol. The van der Waals surface area contributed by atoms with Gasteiger partial charge in [0.1, 0.15) is 5.52 Å². The van der Waals surface area contributed by atoms with Crippen LogP contribution >= 0.6 is 0 Å². The van der Waals surface area contributed by atoms with E-state index >= 15 is 0 Å². The van der Waals surface area contributed by atoms with Crippen molar-refractivity contribution in [2.75, 3.05) is 25.0 Å². The van der Waals surface area contributed by atoms with Crippen molar-refractivity contribution in [3.05, 3.63) is 24.2 Å². The van der Waals surface area contributed by atoms with Gasteiger partial charge in [-0.3, -0.25) is 0 Å². The van der Waals surface area contributed by atoms with E-state index in [1.807, 2.05) is 11.9 Å². The molecule has 0 saturated carbocycles. The molecule has 0 spiro atoms. The fraction of sp³-hybridized carbons (Fsp3) is 0.538. The highest BCUT2D eigenvalue weighted by atomic mass is 19.4. The third-order valence-corrected chi connectivity index (χ3v) is 3.81. The second-order valence-corrected chi connectivity index (χ2v) is 5.22. The fourth-order valence-electron chi connectivity index (χ4n) is 2.66. The van der Waals surface area contributed by atoms with Crippen molar-refractivity contribution in [1.82, 2.24) is 19.9 Å². The number of likely N-dealkylation sites (N-methyl/N-ethyl adjacent to an activating group) is 1. The molecule has 1 unspecified atom stereocenters. The first-order valence-electron chi connectivity index (χ1n) is 6.82.